The number of hydrogen-bond acceptors (Lipinski definition) is 4. The van der Waals surface area contributed by atoms with E-state index in [1.54, 1.807) is 0 Å². The lowest BCUT2D eigenvalue weighted by atomic mass is 9.92. The lowest BCUT2D eigenvalue weighted by Crippen LogP contribution is -2.24. The molecule has 178 valence electrons. The van der Waals surface area contributed by atoms with Crippen LogP contribution < -0.4 is 0 Å². The molecule has 4 atom stereocenters. The molecule has 4 unspecified atom stereocenters. The van der Waals surface area contributed by atoms with Gasteiger partial charge in [-0.1, -0.05) is 80.1 Å². The quantitative estimate of drug-likeness (QED) is 0.203. The van der Waals surface area contributed by atoms with E-state index >= 15 is 0 Å². The molecule has 0 aliphatic carbocycles. The average molecular weight is 427 g/mol. The van der Waals surface area contributed by atoms with Crippen LogP contribution in [0.2, 0.25) is 0 Å². The summed E-state index contributed by atoms with van der Waals surface area (Å²) in [6.07, 6.45) is 12.0. The van der Waals surface area contributed by atoms with E-state index in [0.717, 1.165) is 38.5 Å². The lowest BCUT2D eigenvalue weighted by Gasteiger charge is -2.21. The van der Waals surface area contributed by atoms with Crippen molar-refractivity contribution in [2.75, 3.05) is 13.2 Å². The molecule has 0 aromatic heterocycles. The zero-order valence-corrected chi connectivity index (χ0v) is 20.8. The number of rotatable bonds is 19. The second-order valence-electron chi connectivity index (χ2n) is 8.88. The average Bonchev–Trinajstić information content (AvgIpc) is 2.76. The second-order valence-corrected chi connectivity index (χ2v) is 8.88. The van der Waals surface area contributed by atoms with Gasteiger partial charge in [0, 0.05) is 0 Å². The fourth-order valence-corrected chi connectivity index (χ4v) is 3.81. The molecule has 0 rings (SSSR count). The molecule has 0 N–H and O–H groups in total. The zero-order chi connectivity index (χ0) is 22.8. The van der Waals surface area contributed by atoms with Crippen LogP contribution in [-0.4, -0.2) is 25.2 Å². The number of ether oxygens (including phenoxy) is 2. The molecule has 0 aliphatic heterocycles. The van der Waals surface area contributed by atoms with E-state index in [-0.39, 0.29) is 23.8 Å². The molecular formula is C26H50O4. The van der Waals surface area contributed by atoms with Crippen molar-refractivity contribution in [1.29, 1.82) is 0 Å². The Bertz CT molecular complexity index is 395. The number of esters is 2. The monoisotopic (exact) mass is 426 g/mol. The molecule has 0 heterocycles. The van der Waals surface area contributed by atoms with Crippen molar-refractivity contribution in [3.05, 3.63) is 0 Å². The SMILES string of the molecule is CCCCC(CC)COC(=O)C(CC)CCC(CC)C(=O)OCC(CC)CCCC. The fraction of sp³-hybridized carbons (Fsp3) is 0.923. The van der Waals surface area contributed by atoms with Crippen molar-refractivity contribution in [2.24, 2.45) is 23.7 Å². The highest BCUT2D eigenvalue weighted by atomic mass is 16.5. The van der Waals surface area contributed by atoms with Crippen LogP contribution in [0, 0.1) is 23.7 Å². The van der Waals surface area contributed by atoms with Crippen LogP contribution in [0.4, 0.5) is 0 Å². The van der Waals surface area contributed by atoms with Crippen LogP contribution in [0.15, 0.2) is 0 Å². The Morgan fingerprint density at radius 2 is 0.933 bits per heavy atom. The summed E-state index contributed by atoms with van der Waals surface area (Å²) < 4.78 is 11.3. The minimum atomic E-state index is -0.122. The highest BCUT2D eigenvalue weighted by molar-refractivity contribution is 5.73. The summed E-state index contributed by atoms with van der Waals surface area (Å²) in [5, 5.41) is 0. The fourth-order valence-electron chi connectivity index (χ4n) is 3.81. The summed E-state index contributed by atoms with van der Waals surface area (Å²) in [5.41, 5.74) is 0. The zero-order valence-electron chi connectivity index (χ0n) is 20.8. The van der Waals surface area contributed by atoms with Gasteiger partial charge in [-0.25, -0.2) is 0 Å². The third-order valence-electron chi connectivity index (χ3n) is 6.52. The second kappa shape index (κ2) is 18.7. The Kier molecular flexibility index (Phi) is 18.0. The summed E-state index contributed by atoms with van der Waals surface area (Å²) in [5.74, 6) is 0.488. The maximum absolute atomic E-state index is 12.6. The Morgan fingerprint density at radius 3 is 1.20 bits per heavy atom. The molecular weight excluding hydrogens is 376 g/mol. The predicted octanol–water partition coefficient (Wildman–Crippen LogP) is 7.34. The molecule has 0 radical (unpaired) electrons. The van der Waals surface area contributed by atoms with Crippen molar-refractivity contribution in [1.82, 2.24) is 0 Å². The number of carbonyl (C=O) groups is 2. The third-order valence-corrected chi connectivity index (χ3v) is 6.52. The van der Waals surface area contributed by atoms with E-state index < -0.39 is 0 Å². The highest BCUT2D eigenvalue weighted by Crippen LogP contribution is 2.22. The maximum atomic E-state index is 12.6. The summed E-state index contributed by atoms with van der Waals surface area (Å²) in [6.45, 7) is 13.8. The van der Waals surface area contributed by atoms with Gasteiger partial charge in [0.25, 0.3) is 0 Å². The van der Waals surface area contributed by atoms with Crippen LogP contribution in [0.5, 0.6) is 0 Å². The number of hydrogen-bond donors (Lipinski definition) is 0. The van der Waals surface area contributed by atoms with E-state index in [4.69, 9.17) is 9.47 Å². The molecule has 0 fully saturated rings. The van der Waals surface area contributed by atoms with E-state index in [1.165, 1.54) is 25.7 Å². The lowest BCUT2D eigenvalue weighted by molar-refractivity contribution is -0.153. The van der Waals surface area contributed by atoms with Gasteiger partial charge in [0.1, 0.15) is 0 Å². The van der Waals surface area contributed by atoms with Crippen molar-refractivity contribution >= 4 is 11.9 Å². The van der Waals surface area contributed by atoms with Crippen molar-refractivity contribution in [2.45, 2.75) is 119 Å². The Morgan fingerprint density at radius 1 is 0.567 bits per heavy atom. The van der Waals surface area contributed by atoms with Crippen LogP contribution >= 0.6 is 0 Å². The van der Waals surface area contributed by atoms with E-state index in [0.29, 0.717) is 37.9 Å². The maximum Gasteiger partial charge on any atom is 0.308 e. The molecule has 4 nitrogen and oxygen atoms in total. The molecule has 0 bridgehead atoms. The third kappa shape index (κ3) is 12.6. The van der Waals surface area contributed by atoms with Gasteiger partial charge < -0.3 is 9.47 Å². The normalized spacial score (nSPS) is 15.3. The van der Waals surface area contributed by atoms with Crippen LogP contribution in [-0.2, 0) is 19.1 Å². The van der Waals surface area contributed by atoms with E-state index in [2.05, 4.69) is 27.7 Å². The molecule has 4 heteroatoms. The van der Waals surface area contributed by atoms with E-state index in [9.17, 15) is 9.59 Å². The van der Waals surface area contributed by atoms with Gasteiger partial charge in [-0.05, 0) is 50.4 Å². The van der Waals surface area contributed by atoms with Gasteiger partial charge in [-0.2, -0.15) is 0 Å². The first-order valence-electron chi connectivity index (χ1n) is 12.8. The van der Waals surface area contributed by atoms with Gasteiger partial charge in [0.15, 0.2) is 0 Å². The molecule has 0 saturated carbocycles. The first kappa shape index (κ1) is 28.9. The van der Waals surface area contributed by atoms with Crippen LogP contribution in [0.1, 0.15) is 119 Å². The minimum absolute atomic E-state index is 0.0960. The molecule has 0 aliphatic rings. The van der Waals surface area contributed by atoms with Gasteiger partial charge in [-0.15, -0.1) is 0 Å². The molecule has 0 saturated heterocycles. The van der Waals surface area contributed by atoms with Gasteiger partial charge in [0.2, 0.25) is 0 Å². The Hall–Kier alpha value is -1.06. The first-order chi connectivity index (χ1) is 14.5. The summed E-state index contributed by atoms with van der Waals surface area (Å²) in [6, 6.07) is 0. The van der Waals surface area contributed by atoms with Gasteiger partial charge in [0.05, 0.1) is 25.0 Å². The van der Waals surface area contributed by atoms with Crippen LogP contribution in [0.25, 0.3) is 0 Å². The molecule has 30 heavy (non-hydrogen) atoms. The summed E-state index contributed by atoms with van der Waals surface area (Å²) >= 11 is 0. The first-order valence-corrected chi connectivity index (χ1v) is 12.8. The van der Waals surface area contributed by atoms with Gasteiger partial charge in [-0.3, -0.25) is 9.59 Å². The molecule has 0 amide bonds. The standard InChI is InChI=1S/C26H50O4/c1-7-13-15-21(9-3)19-29-25(27)23(11-5)17-18-24(12-6)26(28)30-20-22(10-4)16-14-8-2/h21-24H,7-20H2,1-6H3. The predicted molar refractivity (Wildman–Crippen MR) is 125 cm³/mol. The molecule has 0 aromatic carbocycles. The largest absolute Gasteiger partial charge is 0.465 e. The molecule has 0 spiro atoms. The van der Waals surface area contributed by atoms with Crippen molar-refractivity contribution < 1.29 is 19.1 Å². The summed E-state index contributed by atoms with van der Waals surface area (Å²) in [4.78, 5) is 25.1. The molecule has 0 aromatic rings. The topological polar surface area (TPSA) is 52.6 Å². The number of carbonyl (C=O) groups excluding carboxylic acids is 2. The Balaban J connectivity index is 4.48. The van der Waals surface area contributed by atoms with E-state index in [1.807, 2.05) is 13.8 Å². The highest BCUT2D eigenvalue weighted by Gasteiger charge is 2.25. The smallest absolute Gasteiger partial charge is 0.308 e. The summed E-state index contributed by atoms with van der Waals surface area (Å²) in [7, 11) is 0. The van der Waals surface area contributed by atoms with Crippen molar-refractivity contribution in [3.8, 4) is 0 Å². The minimum Gasteiger partial charge on any atom is -0.465 e. The van der Waals surface area contributed by atoms with Crippen LogP contribution in [0.3, 0.4) is 0 Å². The van der Waals surface area contributed by atoms with Gasteiger partial charge >= 0.3 is 11.9 Å². The Labute approximate surface area is 186 Å². The number of unbranched alkanes of at least 4 members (excludes halogenated alkanes) is 2. The van der Waals surface area contributed by atoms with Crippen molar-refractivity contribution in [3.63, 3.8) is 0 Å².